The van der Waals surface area contributed by atoms with Crippen molar-refractivity contribution < 1.29 is 0 Å². The third-order valence-corrected chi connectivity index (χ3v) is 7.36. The molecule has 1 aliphatic carbocycles. The van der Waals surface area contributed by atoms with Gasteiger partial charge in [0.2, 0.25) is 0 Å². The topological polar surface area (TPSA) is 26.0 Å². The minimum atomic E-state index is -0.495. The van der Waals surface area contributed by atoms with Gasteiger partial charge in [0.05, 0.1) is 0 Å². The standard InChI is InChI=1S/C19H30NSi/c1-11-9-12(2)16-13(3)14(4)17(15(16)10-11)18(21(7)8)19(5,6)20/h9-10,17-18H,20H2,1-8H3. The van der Waals surface area contributed by atoms with Gasteiger partial charge in [-0.15, -0.1) is 0 Å². The lowest BCUT2D eigenvalue weighted by atomic mass is 9.83. The van der Waals surface area contributed by atoms with Gasteiger partial charge in [-0.05, 0) is 69.3 Å². The normalized spacial score (nSPS) is 20.2. The van der Waals surface area contributed by atoms with E-state index in [-0.39, 0.29) is 5.54 Å². The van der Waals surface area contributed by atoms with Gasteiger partial charge in [0.1, 0.15) is 0 Å². The highest BCUT2D eigenvalue weighted by molar-refractivity contribution is 6.58. The second-order valence-corrected chi connectivity index (χ2v) is 10.5. The van der Waals surface area contributed by atoms with Crippen molar-refractivity contribution in [1.29, 1.82) is 0 Å². The molecule has 2 atom stereocenters. The summed E-state index contributed by atoms with van der Waals surface area (Å²) in [5, 5.41) is 0. The Morgan fingerprint density at radius 2 is 1.67 bits per heavy atom. The number of rotatable bonds is 3. The molecule has 1 nitrogen and oxygen atoms in total. The molecule has 115 valence electrons. The van der Waals surface area contributed by atoms with Crippen LogP contribution in [0.1, 0.15) is 55.9 Å². The summed E-state index contributed by atoms with van der Waals surface area (Å²) < 4.78 is 0. The highest BCUT2D eigenvalue weighted by Crippen LogP contribution is 2.52. The molecule has 2 rings (SSSR count). The molecule has 1 radical (unpaired) electrons. The molecule has 2 N–H and O–H groups in total. The molecule has 1 aromatic carbocycles. The van der Waals surface area contributed by atoms with Crippen molar-refractivity contribution in [1.82, 2.24) is 0 Å². The van der Waals surface area contributed by atoms with Gasteiger partial charge < -0.3 is 5.73 Å². The lowest BCUT2D eigenvalue weighted by Crippen LogP contribution is -2.45. The van der Waals surface area contributed by atoms with E-state index in [1.165, 1.54) is 33.4 Å². The van der Waals surface area contributed by atoms with Gasteiger partial charge in [-0.1, -0.05) is 36.4 Å². The maximum atomic E-state index is 6.60. The summed E-state index contributed by atoms with van der Waals surface area (Å²) in [5.74, 6) is 0.502. The van der Waals surface area contributed by atoms with E-state index in [2.05, 4.69) is 66.8 Å². The fraction of sp³-hybridized carbons (Fsp3) is 0.579. The molecule has 0 amide bonds. The second-order valence-electron chi connectivity index (χ2n) is 7.71. The predicted molar refractivity (Wildman–Crippen MR) is 96.4 cm³/mol. The molecular formula is C19H30NSi. The van der Waals surface area contributed by atoms with E-state index in [0.717, 1.165) is 0 Å². The molecule has 0 saturated heterocycles. The van der Waals surface area contributed by atoms with E-state index in [1.54, 1.807) is 0 Å². The van der Waals surface area contributed by atoms with Crippen LogP contribution in [0.3, 0.4) is 0 Å². The summed E-state index contributed by atoms with van der Waals surface area (Å²) in [5.41, 5.74) is 15.8. The molecule has 0 aliphatic heterocycles. The van der Waals surface area contributed by atoms with E-state index >= 15 is 0 Å². The minimum Gasteiger partial charge on any atom is -0.326 e. The monoisotopic (exact) mass is 300 g/mol. The third-order valence-electron chi connectivity index (χ3n) is 5.04. The van der Waals surface area contributed by atoms with Crippen LogP contribution in [0.25, 0.3) is 5.57 Å². The zero-order valence-electron chi connectivity index (χ0n) is 14.9. The Labute approximate surface area is 132 Å². The van der Waals surface area contributed by atoms with Crippen LogP contribution in [0.2, 0.25) is 18.6 Å². The van der Waals surface area contributed by atoms with Crippen molar-refractivity contribution in [2.75, 3.05) is 0 Å². The predicted octanol–water partition coefficient (Wildman–Crippen LogP) is 5.06. The van der Waals surface area contributed by atoms with Gasteiger partial charge in [0.15, 0.2) is 0 Å². The Hall–Kier alpha value is -0.863. The SMILES string of the molecule is CC1=C(C)C(C([Si](C)C)C(C)(C)N)c2cc(C)cc(C)c21. The summed E-state index contributed by atoms with van der Waals surface area (Å²) in [7, 11) is -0.495. The van der Waals surface area contributed by atoms with Crippen LogP contribution in [-0.2, 0) is 0 Å². The number of allylic oxidation sites excluding steroid dienone is 2. The molecule has 0 bridgehead atoms. The largest absolute Gasteiger partial charge is 0.326 e. The van der Waals surface area contributed by atoms with Crippen molar-refractivity contribution in [3.63, 3.8) is 0 Å². The average molecular weight is 301 g/mol. The van der Waals surface area contributed by atoms with Crippen LogP contribution in [-0.4, -0.2) is 14.3 Å². The molecule has 2 unspecified atom stereocenters. The Balaban J connectivity index is 2.68. The first-order valence-electron chi connectivity index (χ1n) is 7.93. The first-order valence-corrected chi connectivity index (χ1v) is 10.5. The van der Waals surface area contributed by atoms with Crippen molar-refractivity contribution in [2.24, 2.45) is 5.73 Å². The van der Waals surface area contributed by atoms with Gasteiger partial charge >= 0.3 is 0 Å². The lowest BCUT2D eigenvalue weighted by Gasteiger charge is -2.39. The molecule has 0 aromatic heterocycles. The lowest BCUT2D eigenvalue weighted by molar-refractivity contribution is 0.441. The quantitative estimate of drug-likeness (QED) is 0.776. The van der Waals surface area contributed by atoms with E-state index in [4.69, 9.17) is 5.73 Å². The second kappa shape index (κ2) is 5.40. The molecule has 0 heterocycles. The van der Waals surface area contributed by atoms with Crippen LogP contribution >= 0.6 is 0 Å². The number of nitrogens with two attached hydrogens (primary N) is 1. The first kappa shape index (κ1) is 16.5. The number of fused-ring (bicyclic) bond motifs is 1. The molecule has 0 saturated carbocycles. The molecule has 0 fully saturated rings. The van der Waals surface area contributed by atoms with Gasteiger partial charge in [0.25, 0.3) is 0 Å². The van der Waals surface area contributed by atoms with E-state index < -0.39 is 8.80 Å². The van der Waals surface area contributed by atoms with Crippen LogP contribution < -0.4 is 5.73 Å². The zero-order valence-corrected chi connectivity index (χ0v) is 15.9. The van der Waals surface area contributed by atoms with Crippen molar-refractivity contribution in [2.45, 2.75) is 71.6 Å². The average Bonchev–Trinajstić information content (AvgIpc) is 2.52. The molecule has 1 aromatic rings. The van der Waals surface area contributed by atoms with Crippen molar-refractivity contribution in [3.05, 3.63) is 40.0 Å². The maximum Gasteiger partial charge on any atom is 0.0479 e. The Kier molecular flexibility index (Phi) is 4.25. The fourth-order valence-corrected chi connectivity index (χ4v) is 6.94. The number of benzene rings is 1. The summed E-state index contributed by atoms with van der Waals surface area (Å²) in [6, 6.07) is 4.71. The smallest absolute Gasteiger partial charge is 0.0479 e. The summed E-state index contributed by atoms with van der Waals surface area (Å²) in [6.45, 7) is 18.3. The van der Waals surface area contributed by atoms with Crippen molar-refractivity contribution in [3.8, 4) is 0 Å². The number of hydrogen-bond acceptors (Lipinski definition) is 1. The van der Waals surface area contributed by atoms with E-state index in [9.17, 15) is 0 Å². The highest BCUT2D eigenvalue weighted by atomic mass is 28.3. The van der Waals surface area contributed by atoms with E-state index in [0.29, 0.717) is 11.5 Å². The summed E-state index contributed by atoms with van der Waals surface area (Å²) in [6.07, 6.45) is 0. The number of hydrogen-bond donors (Lipinski definition) is 1. The summed E-state index contributed by atoms with van der Waals surface area (Å²) in [4.78, 5) is 0. The highest BCUT2D eigenvalue weighted by Gasteiger charge is 2.41. The van der Waals surface area contributed by atoms with Crippen LogP contribution in [0.4, 0.5) is 0 Å². The zero-order chi connectivity index (χ0) is 16.1. The minimum absolute atomic E-state index is 0.136. The Morgan fingerprint density at radius 3 is 2.14 bits per heavy atom. The molecule has 1 aliphatic rings. The molecule has 21 heavy (non-hydrogen) atoms. The summed E-state index contributed by atoms with van der Waals surface area (Å²) >= 11 is 0. The van der Waals surface area contributed by atoms with Crippen LogP contribution in [0.15, 0.2) is 17.7 Å². The molecule has 0 spiro atoms. The number of aryl methyl sites for hydroxylation is 2. The molecule has 2 heteroatoms. The van der Waals surface area contributed by atoms with E-state index in [1.807, 2.05) is 0 Å². The maximum absolute atomic E-state index is 6.60. The molecular weight excluding hydrogens is 270 g/mol. The van der Waals surface area contributed by atoms with Crippen LogP contribution in [0.5, 0.6) is 0 Å². The van der Waals surface area contributed by atoms with Gasteiger partial charge in [-0.25, -0.2) is 0 Å². The Bertz CT molecular complexity index is 590. The van der Waals surface area contributed by atoms with Gasteiger partial charge in [-0.3, -0.25) is 0 Å². The Morgan fingerprint density at radius 1 is 1.10 bits per heavy atom. The van der Waals surface area contributed by atoms with Crippen LogP contribution in [0, 0.1) is 13.8 Å². The van der Waals surface area contributed by atoms with Gasteiger partial charge in [0, 0.05) is 20.3 Å². The first-order chi connectivity index (χ1) is 9.55. The van der Waals surface area contributed by atoms with Gasteiger partial charge in [-0.2, -0.15) is 0 Å². The fourth-order valence-electron chi connectivity index (χ4n) is 4.36. The van der Waals surface area contributed by atoms with Crippen molar-refractivity contribution >= 4 is 14.4 Å². The third kappa shape index (κ3) is 2.76.